The number of ketones is 1. The molecule has 3 aromatic rings. The summed E-state index contributed by atoms with van der Waals surface area (Å²) in [6, 6.07) is 11.4. The number of nitrogens with zero attached hydrogens (tertiary/aromatic N) is 1. The standard InChI is InChI=1S/C26H24N2O5/c1-31-20-11-14-10-18(27-22(14)24(33-3)23(20)32-2)25(30)28-13-15-8-9-26(15)17-7-5-4-6-16(17)19(29)12-21(26)28/h4-7,10-12,15,27H,8-9,13H2,1-3H3. The summed E-state index contributed by atoms with van der Waals surface area (Å²) >= 11 is 0. The number of nitrogens with one attached hydrogen (secondary N) is 1. The summed E-state index contributed by atoms with van der Waals surface area (Å²) in [5.41, 5.74) is 3.50. The summed E-state index contributed by atoms with van der Waals surface area (Å²) in [6.45, 7) is 0.603. The molecule has 7 nitrogen and oxygen atoms in total. The Morgan fingerprint density at radius 1 is 1.09 bits per heavy atom. The second-order valence-corrected chi connectivity index (χ2v) is 8.85. The summed E-state index contributed by atoms with van der Waals surface area (Å²) in [5.74, 6) is 1.59. The SMILES string of the molecule is COc1cc2cc(C(=O)N3CC4CCC45C3=CC(=O)c3ccccc35)[nH]c2c(OC)c1OC. The number of benzene rings is 2. The lowest BCUT2D eigenvalue weighted by Gasteiger charge is -2.47. The number of amides is 1. The maximum atomic E-state index is 13.8. The van der Waals surface area contributed by atoms with E-state index in [9.17, 15) is 9.59 Å². The van der Waals surface area contributed by atoms with Gasteiger partial charge in [0.15, 0.2) is 17.3 Å². The van der Waals surface area contributed by atoms with E-state index in [4.69, 9.17) is 14.2 Å². The number of carbonyl (C=O) groups excluding carboxylic acids is 2. The summed E-state index contributed by atoms with van der Waals surface area (Å²) in [4.78, 5) is 31.7. The highest BCUT2D eigenvalue weighted by molar-refractivity contribution is 6.10. The Bertz CT molecular complexity index is 1370. The van der Waals surface area contributed by atoms with E-state index in [0.29, 0.717) is 40.9 Å². The number of hydrogen-bond donors (Lipinski definition) is 1. The molecule has 2 aliphatic carbocycles. The lowest BCUT2D eigenvalue weighted by molar-refractivity contribution is 0.0814. The van der Waals surface area contributed by atoms with E-state index in [0.717, 1.165) is 35.1 Å². The van der Waals surface area contributed by atoms with Crippen molar-refractivity contribution >= 4 is 22.6 Å². The smallest absolute Gasteiger partial charge is 0.274 e. The zero-order valence-corrected chi connectivity index (χ0v) is 18.7. The number of aromatic amines is 1. The van der Waals surface area contributed by atoms with Crippen LogP contribution in [0.2, 0.25) is 0 Å². The molecule has 2 atom stereocenters. The van der Waals surface area contributed by atoms with Gasteiger partial charge in [0.05, 0.1) is 26.8 Å². The first-order valence-electron chi connectivity index (χ1n) is 11.0. The molecule has 2 unspecified atom stereocenters. The van der Waals surface area contributed by atoms with Crippen LogP contribution in [0.4, 0.5) is 0 Å². The third-order valence-electron chi connectivity index (χ3n) is 7.57. The van der Waals surface area contributed by atoms with Gasteiger partial charge in [0.1, 0.15) is 5.69 Å². The van der Waals surface area contributed by atoms with Gasteiger partial charge in [-0.15, -0.1) is 0 Å². The molecule has 1 aromatic heterocycles. The van der Waals surface area contributed by atoms with Crippen LogP contribution in [0.15, 0.2) is 48.2 Å². The van der Waals surface area contributed by atoms with Gasteiger partial charge in [-0.25, -0.2) is 0 Å². The van der Waals surface area contributed by atoms with Crippen molar-refractivity contribution in [3.8, 4) is 17.2 Å². The largest absolute Gasteiger partial charge is 0.493 e. The third kappa shape index (κ3) is 2.45. The van der Waals surface area contributed by atoms with Crippen molar-refractivity contribution in [3.05, 3.63) is 65.0 Å². The first-order valence-corrected chi connectivity index (χ1v) is 11.0. The Morgan fingerprint density at radius 2 is 1.88 bits per heavy atom. The van der Waals surface area contributed by atoms with Crippen molar-refractivity contribution in [3.63, 3.8) is 0 Å². The minimum absolute atomic E-state index is 0.0376. The van der Waals surface area contributed by atoms with Gasteiger partial charge in [-0.05, 0) is 36.5 Å². The fraction of sp³-hybridized carbons (Fsp3) is 0.308. The molecule has 3 aliphatic rings. The molecule has 2 aromatic carbocycles. The Kier molecular flexibility index (Phi) is 4.15. The number of carbonyl (C=O) groups is 2. The number of H-pyrrole nitrogens is 1. The summed E-state index contributed by atoms with van der Waals surface area (Å²) in [5, 5.41) is 0.781. The number of fused-ring (bicyclic) bond motifs is 2. The number of allylic oxidation sites excluding steroid dienone is 2. The highest BCUT2D eigenvalue weighted by Gasteiger charge is 2.61. The zero-order valence-electron chi connectivity index (χ0n) is 18.7. The maximum absolute atomic E-state index is 13.8. The maximum Gasteiger partial charge on any atom is 0.274 e. The number of aromatic nitrogens is 1. The predicted molar refractivity (Wildman–Crippen MR) is 122 cm³/mol. The van der Waals surface area contributed by atoms with Gasteiger partial charge >= 0.3 is 0 Å². The summed E-state index contributed by atoms with van der Waals surface area (Å²) < 4.78 is 16.5. The van der Waals surface area contributed by atoms with Crippen molar-refractivity contribution < 1.29 is 23.8 Å². The molecule has 7 heteroatoms. The van der Waals surface area contributed by atoms with Gasteiger partial charge in [0.25, 0.3) is 5.91 Å². The van der Waals surface area contributed by atoms with Crippen LogP contribution in [0, 0.1) is 5.92 Å². The van der Waals surface area contributed by atoms with Gasteiger partial charge in [-0.3, -0.25) is 9.59 Å². The molecular formula is C26H24N2O5. The number of likely N-dealkylation sites (tertiary alicyclic amines) is 1. The van der Waals surface area contributed by atoms with Crippen LogP contribution in [-0.4, -0.2) is 49.4 Å². The Balaban J connectivity index is 1.45. The van der Waals surface area contributed by atoms with Crippen LogP contribution < -0.4 is 14.2 Å². The van der Waals surface area contributed by atoms with E-state index in [1.807, 2.05) is 30.3 Å². The van der Waals surface area contributed by atoms with Gasteiger partial charge in [-0.1, -0.05) is 24.3 Å². The minimum Gasteiger partial charge on any atom is -0.493 e. The molecule has 1 saturated heterocycles. The van der Waals surface area contributed by atoms with Crippen LogP contribution >= 0.6 is 0 Å². The molecule has 1 aliphatic heterocycles. The van der Waals surface area contributed by atoms with Crippen molar-refractivity contribution in [2.24, 2.45) is 5.92 Å². The van der Waals surface area contributed by atoms with E-state index in [2.05, 4.69) is 4.98 Å². The van der Waals surface area contributed by atoms with Crippen LogP contribution in [-0.2, 0) is 5.41 Å². The van der Waals surface area contributed by atoms with Crippen molar-refractivity contribution in [1.82, 2.24) is 9.88 Å². The molecule has 2 fully saturated rings. The lowest BCUT2D eigenvalue weighted by atomic mass is 9.55. The monoisotopic (exact) mass is 444 g/mol. The Hall–Kier alpha value is -3.74. The zero-order chi connectivity index (χ0) is 22.9. The van der Waals surface area contributed by atoms with Crippen LogP contribution in [0.1, 0.15) is 39.3 Å². The first-order chi connectivity index (χ1) is 16.0. The molecule has 6 rings (SSSR count). The number of methoxy groups -OCH3 is 3. The quantitative estimate of drug-likeness (QED) is 0.656. The summed E-state index contributed by atoms with van der Waals surface area (Å²) in [7, 11) is 4.66. The summed E-state index contributed by atoms with van der Waals surface area (Å²) in [6.07, 6.45) is 3.67. The van der Waals surface area contributed by atoms with Gasteiger partial charge < -0.3 is 24.1 Å². The highest BCUT2D eigenvalue weighted by atomic mass is 16.5. The third-order valence-corrected chi connectivity index (χ3v) is 7.57. The van der Waals surface area contributed by atoms with E-state index < -0.39 is 0 Å². The predicted octanol–water partition coefficient (Wildman–Crippen LogP) is 4.08. The molecule has 168 valence electrons. The lowest BCUT2D eigenvalue weighted by Crippen LogP contribution is -2.45. The van der Waals surface area contributed by atoms with E-state index >= 15 is 0 Å². The fourth-order valence-electron chi connectivity index (χ4n) is 5.97. The minimum atomic E-state index is -0.240. The number of ether oxygens (including phenoxy) is 3. The molecule has 0 radical (unpaired) electrons. The van der Waals surface area contributed by atoms with Crippen molar-refractivity contribution in [2.45, 2.75) is 18.3 Å². The topological polar surface area (TPSA) is 80.9 Å². The van der Waals surface area contributed by atoms with Gasteiger partial charge in [-0.2, -0.15) is 0 Å². The van der Waals surface area contributed by atoms with E-state index in [1.165, 1.54) is 0 Å². The fourth-order valence-corrected chi connectivity index (χ4v) is 5.97. The first kappa shape index (κ1) is 19.9. The molecule has 2 heterocycles. The molecule has 33 heavy (non-hydrogen) atoms. The Morgan fingerprint density at radius 3 is 2.58 bits per heavy atom. The second-order valence-electron chi connectivity index (χ2n) is 8.85. The van der Waals surface area contributed by atoms with Crippen molar-refractivity contribution in [2.75, 3.05) is 27.9 Å². The molecule has 1 saturated carbocycles. The molecule has 1 spiro atoms. The Labute approximate surface area is 190 Å². The number of hydrogen-bond acceptors (Lipinski definition) is 5. The van der Waals surface area contributed by atoms with Gasteiger partial charge in [0.2, 0.25) is 5.75 Å². The molecular weight excluding hydrogens is 420 g/mol. The van der Waals surface area contributed by atoms with Crippen LogP contribution in [0.3, 0.4) is 0 Å². The van der Waals surface area contributed by atoms with Gasteiger partial charge in [0, 0.05) is 34.7 Å². The van der Waals surface area contributed by atoms with Crippen LogP contribution in [0.5, 0.6) is 17.2 Å². The molecule has 1 amide bonds. The number of rotatable bonds is 4. The van der Waals surface area contributed by atoms with Crippen LogP contribution in [0.25, 0.3) is 10.9 Å². The van der Waals surface area contributed by atoms with E-state index in [-0.39, 0.29) is 17.1 Å². The average Bonchev–Trinajstić information content (AvgIpc) is 3.34. The van der Waals surface area contributed by atoms with Crippen molar-refractivity contribution in [1.29, 1.82) is 0 Å². The molecule has 0 bridgehead atoms. The average molecular weight is 444 g/mol. The highest BCUT2D eigenvalue weighted by Crippen LogP contribution is 2.61. The molecule has 1 N–H and O–H groups in total. The van der Waals surface area contributed by atoms with E-state index in [1.54, 1.807) is 38.4 Å². The second kappa shape index (κ2) is 6.88. The normalized spacial score (nSPS) is 22.8.